The van der Waals surface area contributed by atoms with Gasteiger partial charge in [0.15, 0.2) is 0 Å². The van der Waals surface area contributed by atoms with Crippen LogP contribution in [0.5, 0.6) is 11.5 Å². The average Bonchev–Trinajstić information content (AvgIpc) is 2.83. The average molecular weight is 311 g/mol. The second-order valence-electron chi connectivity index (χ2n) is 3.45. The van der Waals surface area contributed by atoms with Crippen LogP contribution in [0.4, 0.5) is 0 Å². The van der Waals surface area contributed by atoms with Crippen molar-refractivity contribution in [3.8, 4) is 11.5 Å². The maximum atomic E-state index is 9.71. The van der Waals surface area contributed by atoms with Gasteiger partial charge in [0.05, 0.1) is 7.11 Å². The van der Waals surface area contributed by atoms with Crippen molar-refractivity contribution in [1.82, 2.24) is 0 Å². The molecule has 2 rings (SSSR count). The Hall–Kier alpha value is -1.26. The van der Waals surface area contributed by atoms with Gasteiger partial charge in [-0.1, -0.05) is 12.2 Å². The maximum absolute atomic E-state index is 9.71. The molecule has 0 saturated carbocycles. The van der Waals surface area contributed by atoms with Crippen LogP contribution in [0, 0.1) is 0 Å². The number of phenolic OH excluding ortho intramolecular Hbond substituents is 1. The molecular weight excluding hydrogens is 300 g/mol. The summed E-state index contributed by atoms with van der Waals surface area (Å²) >= 11 is 4.92. The molecule has 1 aromatic heterocycles. The number of thiophene rings is 1. The highest BCUT2D eigenvalue weighted by Crippen LogP contribution is 2.35. The fraction of sp³-hybridized carbons (Fsp3) is 0.0769. The van der Waals surface area contributed by atoms with Crippen LogP contribution in [0.2, 0.25) is 0 Å². The zero-order chi connectivity index (χ0) is 12.3. The zero-order valence-electron chi connectivity index (χ0n) is 9.18. The molecule has 0 aliphatic heterocycles. The summed E-state index contributed by atoms with van der Waals surface area (Å²) in [6.07, 6.45) is 3.94. The highest BCUT2D eigenvalue weighted by molar-refractivity contribution is 9.10. The smallest absolute Gasteiger partial charge is 0.137 e. The van der Waals surface area contributed by atoms with Gasteiger partial charge in [-0.15, -0.1) is 0 Å². The zero-order valence-corrected chi connectivity index (χ0v) is 11.6. The molecule has 0 aliphatic rings. The number of hydrogen-bond donors (Lipinski definition) is 1. The van der Waals surface area contributed by atoms with Crippen LogP contribution in [-0.2, 0) is 0 Å². The van der Waals surface area contributed by atoms with Crippen molar-refractivity contribution in [2.24, 2.45) is 0 Å². The summed E-state index contributed by atoms with van der Waals surface area (Å²) < 4.78 is 5.74. The van der Waals surface area contributed by atoms with Crippen molar-refractivity contribution in [1.29, 1.82) is 0 Å². The molecular formula is C13H11BrO2S. The number of rotatable bonds is 3. The van der Waals surface area contributed by atoms with Gasteiger partial charge < -0.3 is 9.84 Å². The second-order valence-corrected chi connectivity index (χ2v) is 5.02. The number of hydrogen-bond acceptors (Lipinski definition) is 3. The number of aromatic hydroxyl groups is 1. The number of halogens is 1. The minimum absolute atomic E-state index is 0.175. The number of methoxy groups -OCH3 is 1. The van der Waals surface area contributed by atoms with Crippen LogP contribution in [-0.4, -0.2) is 12.2 Å². The quantitative estimate of drug-likeness (QED) is 0.910. The minimum atomic E-state index is 0.175. The standard InChI is InChI=1S/C13H11BrO2S/c1-16-12-7-10(6-11(15)13(12)14)3-2-9-4-5-17-8-9/h2-8,15H,1H3/b3-2+. The molecule has 0 spiro atoms. The molecule has 1 N–H and O–H groups in total. The summed E-state index contributed by atoms with van der Waals surface area (Å²) in [5.74, 6) is 0.796. The van der Waals surface area contributed by atoms with Gasteiger partial charge in [0.25, 0.3) is 0 Å². The number of benzene rings is 1. The third-order valence-electron chi connectivity index (χ3n) is 2.27. The van der Waals surface area contributed by atoms with Crippen LogP contribution in [0.15, 0.2) is 33.4 Å². The molecule has 88 valence electrons. The molecule has 0 fully saturated rings. The second kappa shape index (κ2) is 5.38. The van der Waals surface area contributed by atoms with Crippen molar-refractivity contribution in [2.75, 3.05) is 7.11 Å². The molecule has 2 aromatic rings. The Kier molecular flexibility index (Phi) is 3.86. The van der Waals surface area contributed by atoms with Gasteiger partial charge in [0.1, 0.15) is 16.0 Å². The molecule has 17 heavy (non-hydrogen) atoms. The summed E-state index contributed by atoms with van der Waals surface area (Å²) in [5.41, 5.74) is 2.05. The first-order valence-electron chi connectivity index (χ1n) is 4.97. The first kappa shape index (κ1) is 12.2. The van der Waals surface area contributed by atoms with Gasteiger partial charge in [0.2, 0.25) is 0 Å². The monoisotopic (exact) mass is 310 g/mol. The van der Waals surface area contributed by atoms with Gasteiger partial charge in [0, 0.05) is 0 Å². The molecule has 0 bridgehead atoms. The van der Waals surface area contributed by atoms with E-state index in [0.29, 0.717) is 10.2 Å². The molecule has 4 heteroatoms. The Morgan fingerprint density at radius 2 is 2.06 bits per heavy atom. The van der Waals surface area contributed by atoms with E-state index in [0.717, 1.165) is 11.1 Å². The number of ether oxygens (including phenoxy) is 1. The van der Waals surface area contributed by atoms with Gasteiger partial charge in [-0.2, -0.15) is 11.3 Å². The molecule has 0 amide bonds. The number of phenols is 1. The molecule has 2 nitrogen and oxygen atoms in total. The Morgan fingerprint density at radius 3 is 2.71 bits per heavy atom. The molecule has 0 radical (unpaired) electrons. The predicted molar refractivity (Wildman–Crippen MR) is 75.6 cm³/mol. The lowest BCUT2D eigenvalue weighted by Crippen LogP contribution is -1.86. The minimum Gasteiger partial charge on any atom is -0.507 e. The van der Waals surface area contributed by atoms with E-state index >= 15 is 0 Å². The van der Waals surface area contributed by atoms with Crippen LogP contribution in [0.1, 0.15) is 11.1 Å². The Balaban J connectivity index is 2.30. The molecule has 0 saturated heterocycles. The van der Waals surface area contributed by atoms with E-state index in [-0.39, 0.29) is 5.75 Å². The van der Waals surface area contributed by atoms with E-state index in [2.05, 4.69) is 21.3 Å². The van der Waals surface area contributed by atoms with Crippen LogP contribution < -0.4 is 4.74 Å². The van der Waals surface area contributed by atoms with Crippen LogP contribution in [0.3, 0.4) is 0 Å². The first-order valence-corrected chi connectivity index (χ1v) is 6.71. The van der Waals surface area contributed by atoms with Crippen LogP contribution >= 0.6 is 27.3 Å². The van der Waals surface area contributed by atoms with E-state index in [1.54, 1.807) is 24.5 Å². The summed E-state index contributed by atoms with van der Waals surface area (Å²) in [4.78, 5) is 0. The van der Waals surface area contributed by atoms with Crippen molar-refractivity contribution in [3.63, 3.8) is 0 Å². The third kappa shape index (κ3) is 2.90. The van der Waals surface area contributed by atoms with E-state index in [9.17, 15) is 5.11 Å². The van der Waals surface area contributed by atoms with Crippen molar-refractivity contribution in [3.05, 3.63) is 44.6 Å². The Labute approximate surface area is 112 Å². The van der Waals surface area contributed by atoms with Gasteiger partial charge in [-0.25, -0.2) is 0 Å². The third-order valence-corrected chi connectivity index (χ3v) is 3.77. The summed E-state index contributed by atoms with van der Waals surface area (Å²) in [6.45, 7) is 0. The van der Waals surface area contributed by atoms with Gasteiger partial charge >= 0.3 is 0 Å². The summed E-state index contributed by atoms with van der Waals surface area (Å²) in [5, 5.41) is 13.8. The molecule has 0 atom stereocenters. The fourth-order valence-electron chi connectivity index (χ4n) is 1.41. The molecule has 1 aromatic carbocycles. The highest BCUT2D eigenvalue weighted by Gasteiger charge is 2.06. The topological polar surface area (TPSA) is 29.5 Å². The van der Waals surface area contributed by atoms with Crippen molar-refractivity contribution < 1.29 is 9.84 Å². The van der Waals surface area contributed by atoms with Gasteiger partial charge in [-0.05, 0) is 56.0 Å². The van der Waals surface area contributed by atoms with E-state index in [1.807, 2.05) is 29.7 Å². The normalized spacial score (nSPS) is 10.9. The lowest BCUT2D eigenvalue weighted by Gasteiger charge is -2.06. The van der Waals surface area contributed by atoms with E-state index < -0.39 is 0 Å². The summed E-state index contributed by atoms with van der Waals surface area (Å²) in [7, 11) is 1.58. The summed E-state index contributed by atoms with van der Waals surface area (Å²) in [6, 6.07) is 5.60. The Morgan fingerprint density at radius 1 is 1.29 bits per heavy atom. The van der Waals surface area contributed by atoms with E-state index in [1.165, 1.54) is 0 Å². The van der Waals surface area contributed by atoms with Crippen molar-refractivity contribution >= 4 is 39.4 Å². The van der Waals surface area contributed by atoms with Crippen molar-refractivity contribution in [2.45, 2.75) is 0 Å². The lowest BCUT2D eigenvalue weighted by atomic mass is 10.1. The fourth-order valence-corrected chi connectivity index (χ4v) is 2.43. The van der Waals surface area contributed by atoms with Crippen LogP contribution in [0.25, 0.3) is 12.2 Å². The predicted octanol–water partition coefficient (Wildman–Crippen LogP) is 4.40. The largest absolute Gasteiger partial charge is 0.507 e. The lowest BCUT2D eigenvalue weighted by molar-refractivity contribution is 0.403. The molecule has 1 heterocycles. The SMILES string of the molecule is COc1cc(/C=C/c2ccsc2)cc(O)c1Br. The maximum Gasteiger partial charge on any atom is 0.137 e. The Bertz CT molecular complexity index is 533. The molecule has 0 unspecified atom stereocenters. The highest BCUT2D eigenvalue weighted by atomic mass is 79.9. The molecule has 0 aliphatic carbocycles. The van der Waals surface area contributed by atoms with E-state index in [4.69, 9.17) is 4.74 Å². The first-order chi connectivity index (χ1) is 8.20. The van der Waals surface area contributed by atoms with Gasteiger partial charge in [-0.3, -0.25) is 0 Å².